The van der Waals surface area contributed by atoms with Gasteiger partial charge in [-0.05, 0) is 80.1 Å². The van der Waals surface area contributed by atoms with E-state index in [2.05, 4.69) is 15.2 Å². The van der Waals surface area contributed by atoms with E-state index in [1.807, 2.05) is 21.7 Å². The zero-order chi connectivity index (χ0) is 46.6. The highest BCUT2D eigenvalue weighted by atomic mass is 32.2. The summed E-state index contributed by atoms with van der Waals surface area (Å²) in [6, 6.07) is 14.0. The molecule has 0 radical (unpaired) electrons. The number of carbonyl (C=O) groups excluding carboxylic acids is 4. The quantitative estimate of drug-likeness (QED) is 0.121. The summed E-state index contributed by atoms with van der Waals surface area (Å²) in [5, 5.41) is 12.2. The summed E-state index contributed by atoms with van der Waals surface area (Å²) >= 11 is 0. The number of nitrogens with two attached hydrogens (primary N) is 1. The highest BCUT2D eigenvalue weighted by Crippen LogP contribution is 2.41. The van der Waals surface area contributed by atoms with Gasteiger partial charge in [-0.15, -0.1) is 0 Å². The highest BCUT2D eigenvalue weighted by molar-refractivity contribution is 7.93. The molecule has 6 heterocycles. The van der Waals surface area contributed by atoms with Crippen LogP contribution in [0.25, 0.3) is 33.3 Å². The fourth-order valence-electron chi connectivity index (χ4n) is 8.84. The lowest BCUT2D eigenvalue weighted by atomic mass is 10.0. The van der Waals surface area contributed by atoms with Crippen molar-refractivity contribution in [1.29, 1.82) is 0 Å². The summed E-state index contributed by atoms with van der Waals surface area (Å²) in [5.74, 6) is -6.23. The maximum atomic E-state index is 13.7. The van der Waals surface area contributed by atoms with Gasteiger partial charge < -0.3 is 15.4 Å². The van der Waals surface area contributed by atoms with E-state index in [1.165, 1.54) is 42.5 Å². The molecule has 1 unspecified atom stereocenters. The maximum absolute atomic E-state index is 13.7. The molecule has 2 saturated heterocycles. The van der Waals surface area contributed by atoms with Crippen molar-refractivity contribution in [2.45, 2.75) is 63.0 Å². The number of aromatic nitrogens is 5. The number of nitrogen functional groups attached to an aromatic ring is 1. The smallest absolute Gasteiger partial charge is 0.355 e. The molecule has 0 bridgehead atoms. The van der Waals surface area contributed by atoms with Crippen molar-refractivity contribution in [2.24, 2.45) is 7.05 Å². The van der Waals surface area contributed by atoms with E-state index >= 15 is 0 Å². The molecule has 342 valence electrons. The number of sulfonamides is 1. The Morgan fingerprint density at radius 2 is 1.67 bits per heavy atom. The van der Waals surface area contributed by atoms with E-state index in [1.54, 1.807) is 43.2 Å². The van der Waals surface area contributed by atoms with Gasteiger partial charge in [-0.25, -0.2) is 17.8 Å². The standard InChI is InChI=1S/C45H43F3N10O7S/c1-24(26-4-7-29(46)8-5-26)65-36-20-27(6-10-34(36)54-66(63,64)45(47)48)39-38-40(55(2)53-39)33(22-50-41(38)49)28-21-51-57(23-28)30-14-17-56(18-15-30)16-13-25-3-9-31-32(19-25)44(62)58(43(31)61)35-11-12-37(59)52-42(35)60/h3-10,19-24,30,35,45,54H,11-18H2,1-2H3,(H2,49,50)(H,52,59,60)/t24-,35?/m0/s1. The lowest BCUT2D eigenvalue weighted by molar-refractivity contribution is -0.136. The molecule has 21 heteroatoms. The van der Waals surface area contributed by atoms with Crippen molar-refractivity contribution in [3.63, 3.8) is 0 Å². The molecule has 4 N–H and O–H groups in total. The van der Waals surface area contributed by atoms with Crippen LogP contribution in [0.5, 0.6) is 5.75 Å². The van der Waals surface area contributed by atoms with Gasteiger partial charge >= 0.3 is 5.76 Å². The van der Waals surface area contributed by atoms with Gasteiger partial charge in [-0.2, -0.15) is 19.0 Å². The van der Waals surface area contributed by atoms with Crippen molar-refractivity contribution in [1.82, 2.24) is 39.7 Å². The molecule has 3 aromatic heterocycles. The van der Waals surface area contributed by atoms with Gasteiger partial charge in [-0.3, -0.25) is 43.5 Å². The van der Waals surface area contributed by atoms with E-state index < -0.39 is 57.4 Å². The van der Waals surface area contributed by atoms with E-state index in [-0.39, 0.29) is 47.3 Å². The van der Waals surface area contributed by atoms with Gasteiger partial charge in [0.15, 0.2) is 0 Å². The Morgan fingerprint density at radius 1 is 0.924 bits per heavy atom. The maximum Gasteiger partial charge on any atom is 0.355 e. The summed E-state index contributed by atoms with van der Waals surface area (Å²) in [4.78, 5) is 58.3. The van der Waals surface area contributed by atoms with Crippen molar-refractivity contribution in [3.8, 4) is 28.1 Å². The zero-order valence-corrected chi connectivity index (χ0v) is 36.4. The number of alkyl halides is 2. The van der Waals surface area contributed by atoms with Crippen LogP contribution in [0.15, 0.2) is 79.3 Å². The van der Waals surface area contributed by atoms with Gasteiger partial charge in [0, 0.05) is 62.2 Å². The van der Waals surface area contributed by atoms with Crippen LogP contribution in [-0.2, 0) is 33.1 Å². The Kier molecular flexibility index (Phi) is 11.6. The number of halogens is 3. The summed E-state index contributed by atoms with van der Waals surface area (Å²) in [6.07, 6.45) is 7.02. The van der Waals surface area contributed by atoms with Crippen LogP contribution >= 0.6 is 0 Å². The topological polar surface area (TPSA) is 217 Å². The molecule has 2 fully saturated rings. The van der Waals surface area contributed by atoms with Crippen molar-refractivity contribution in [3.05, 3.63) is 107 Å². The van der Waals surface area contributed by atoms with Gasteiger partial charge in [0.1, 0.15) is 35.2 Å². The number of benzene rings is 3. The molecule has 3 aromatic carbocycles. The Morgan fingerprint density at radius 3 is 2.39 bits per heavy atom. The van der Waals surface area contributed by atoms with Crippen LogP contribution in [0.1, 0.15) is 76.6 Å². The molecule has 3 aliphatic rings. The number of hydrogen-bond donors (Lipinski definition) is 3. The van der Waals surface area contributed by atoms with Gasteiger partial charge in [0.25, 0.3) is 21.8 Å². The second-order valence-corrected chi connectivity index (χ2v) is 18.2. The minimum atomic E-state index is -5.07. The first kappa shape index (κ1) is 44.1. The normalized spacial score (nSPS) is 17.7. The Balaban J connectivity index is 0.892. The summed E-state index contributed by atoms with van der Waals surface area (Å²) in [6.45, 7) is 3.96. The Bertz CT molecular complexity index is 3040. The van der Waals surface area contributed by atoms with E-state index in [9.17, 15) is 40.8 Å². The number of imide groups is 2. The summed E-state index contributed by atoms with van der Waals surface area (Å²) in [7, 11) is -3.33. The molecular formula is C45H43F3N10O7S. The van der Waals surface area contributed by atoms with Crippen LogP contribution in [0.4, 0.5) is 24.7 Å². The molecular weight excluding hydrogens is 882 g/mol. The average Bonchev–Trinajstić information content (AvgIpc) is 3.99. The van der Waals surface area contributed by atoms with Gasteiger partial charge in [0.05, 0.1) is 40.0 Å². The number of ether oxygens (including phenoxy) is 1. The fourth-order valence-corrected chi connectivity index (χ4v) is 9.40. The minimum absolute atomic E-state index is 0.0532. The Labute approximate surface area is 375 Å². The molecule has 6 aromatic rings. The number of rotatable bonds is 13. The molecule has 2 atom stereocenters. The predicted octanol–water partition coefficient (Wildman–Crippen LogP) is 5.61. The molecule has 17 nitrogen and oxygen atoms in total. The first-order valence-electron chi connectivity index (χ1n) is 21.1. The second kappa shape index (κ2) is 17.3. The largest absolute Gasteiger partial charge is 0.484 e. The monoisotopic (exact) mass is 924 g/mol. The van der Waals surface area contributed by atoms with Crippen LogP contribution in [-0.4, -0.2) is 97.8 Å². The lowest BCUT2D eigenvalue weighted by Gasteiger charge is -2.32. The number of pyridine rings is 1. The lowest BCUT2D eigenvalue weighted by Crippen LogP contribution is -2.54. The highest BCUT2D eigenvalue weighted by Gasteiger charge is 2.44. The number of hydrogen-bond acceptors (Lipinski definition) is 12. The fraction of sp³-hybridized carbons (Fsp3) is 0.311. The average molecular weight is 925 g/mol. The van der Waals surface area contributed by atoms with Crippen molar-refractivity contribution < 1.29 is 45.5 Å². The zero-order valence-electron chi connectivity index (χ0n) is 35.6. The minimum Gasteiger partial charge on any atom is -0.484 e. The van der Waals surface area contributed by atoms with E-state index in [4.69, 9.17) is 20.7 Å². The number of carbonyl (C=O) groups is 4. The molecule has 0 spiro atoms. The summed E-state index contributed by atoms with van der Waals surface area (Å²) in [5.41, 5.74) is 11.1. The molecule has 4 amide bonds. The summed E-state index contributed by atoms with van der Waals surface area (Å²) < 4.78 is 76.7. The van der Waals surface area contributed by atoms with E-state index in [0.29, 0.717) is 39.7 Å². The number of fused-ring (bicyclic) bond motifs is 2. The first-order valence-corrected chi connectivity index (χ1v) is 22.7. The number of anilines is 2. The molecule has 66 heavy (non-hydrogen) atoms. The number of nitrogens with zero attached hydrogens (tertiary/aromatic N) is 7. The number of piperidine rings is 2. The molecule has 3 aliphatic heterocycles. The van der Waals surface area contributed by atoms with Gasteiger partial charge in [0.2, 0.25) is 11.8 Å². The molecule has 0 aliphatic carbocycles. The number of likely N-dealkylation sites (tertiary alicyclic amines) is 1. The predicted molar refractivity (Wildman–Crippen MR) is 235 cm³/mol. The Hall–Kier alpha value is -7.13. The third-order valence-electron chi connectivity index (χ3n) is 12.3. The van der Waals surface area contributed by atoms with E-state index in [0.717, 1.165) is 48.5 Å². The van der Waals surface area contributed by atoms with Crippen LogP contribution in [0.2, 0.25) is 0 Å². The number of aryl methyl sites for hydroxylation is 1. The van der Waals surface area contributed by atoms with Crippen LogP contribution in [0.3, 0.4) is 0 Å². The SMILES string of the molecule is C[C@H](Oc1cc(-c2nn(C)c3c(-c4cnn(C5CCN(CCc6ccc7c(c6)C(=O)N(C6CCC(=O)NC6=O)C7=O)CC5)c4)cnc(N)c23)ccc1NS(=O)(=O)C(F)F)c1ccc(F)cc1. The van der Waals surface area contributed by atoms with Crippen LogP contribution < -0.4 is 20.5 Å². The second-order valence-electron chi connectivity index (χ2n) is 16.5. The third kappa shape index (κ3) is 8.34. The third-order valence-corrected chi connectivity index (χ3v) is 13.3. The van der Waals surface area contributed by atoms with Crippen molar-refractivity contribution >= 4 is 56.1 Å². The van der Waals surface area contributed by atoms with Crippen molar-refractivity contribution in [2.75, 3.05) is 30.1 Å². The number of amides is 4. The molecule has 0 saturated carbocycles. The molecule has 9 rings (SSSR count). The van der Waals surface area contributed by atoms with Gasteiger partial charge in [-0.1, -0.05) is 24.3 Å². The number of nitrogens with one attached hydrogen (secondary N) is 2. The first-order chi connectivity index (χ1) is 31.6. The van der Waals surface area contributed by atoms with Crippen LogP contribution in [0, 0.1) is 5.82 Å².